The number of nitrogens with one attached hydrogen (secondary N) is 2. The first-order valence-corrected chi connectivity index (χ1v) is 8.26. The maximum atomic E-state index is 10.9. The maximum Gasteiger partial charge on any atom is 0.269 e. The third kappa shape index (κ3) is 5.71. The van der Waals surface area contributed by atoms with Gasteiger partial charge in [0.1, 0.15) is 0 Å². The van der Waals surface area contributed by atoms with Crippen LogP contribution in [-0.2, 0) is 6.54 Å². The third-order valence-electron chi connectivity index (χ3n) is 3.82. The van der Waals surface area contributed by atoms with E-state index in [-0.39, 0.29) is 29.7 Å². The smallest absolute Gasteiger partial charge is 0.269 e. The van der Waals surface area contributed by atoms with Gasteiger partial charge in [-0.3, -0.25) is 15.1 Å². The number of benzene rings is 2. The predicted octanol–water partition coefficient (Wildman–Crippen LogP) is 3.56. The number of fused-ring (bicyclic) bond motifs is 1. The highest BCUT2D eigenvalue weighted by atomic mass is 127. The van der Waals surface area contributed by atoms with Gasteiger partial charge in [-0.1, -0.05) is 12.1 Å². The Bertz CT molecular complexity index is 829. The van der Waals surface area contributed by atoms with E-state index in [0.29, 0.717) is 31.5 Å². The summed E-state index contributed by atoms with van der Waals surface area (Å²) >= 11 is 0. The van der Waals surface area contributed by atoms with Crippen molar-refractivity contribution < 1.29 is 14.4 Å². The van der Waals surface area contributed by atoms with Crippen molar-refractivity contribution >= 4 is 41.3 Å². The van der Waals surface area contributed by atoms with Crippen LogP contribution >= 0.6 is 24.0 Å². The number of hydrogen-bond donors (Lipinski definition) is 2. The van der Waals surface area contributed by atoms with Crippen molar-refractivity contribution in [2.24, 2.45) is 4.99 Å². The van der Waals surface area contributed by atoms with Gasteiger partial charge in [0.15, 0.2) is 17.5 Å². The van der Waals surface area contributed by atoms with Crippen molar-refractivity contribution in [2.75, 3.05) is 25.6 Å². The highest BCUT2D eigenvalue weighted by molar-refractivity contribution is 14.0. The van der Waals surface area contributed by atoms with Gasteiger partial charge >= 0.3 is 0 Å². The lowest BCUT2D eigenvalue weighted by Gasteiger charge is -2.14. The molecule has 1 heterocycles. The molecule has 3 rings (SSSR count). The molecule has 0 fully saturated rings. The van der Waals surface area contributed by atoms with Crippen molar-refractivity contribution in [3.05, 3.63) is 58.1 Å². The predicted molar refractivity (Wildman–Crippen MR) is 114 cm³/mol. The van der Waals surface area contributed by atoms with Crippen LogP contribution in [0.5, 0.6) is 11.5 Å². The molecular formula is C18H21IN4O4. The number of rotatable bonds is 4. The standard InChI is InChI=1S/C18H20N4O4.HI/c1-19-18(20-12-13-4-2-5-15(10-13)22(23)24)21-14-6-7-16-17(11-14)26-9-3-8-25-16;/h2,4-7,10-11H,3,8-9,12H2,1H3,(H2,19,20,21);1H. The topological polar surface area (TPSA) is 98.0 Å². The van der Waals surface area contributed by atoms with Crippen LogP contribution < -0.4 is 20.1 Å². The van der Waals surface area contributed by atoms with Gasteiger partial charge in [-0.2, -0.15) is 0 Å². The second kappa shape index (κ2) is 9.95. The number of anilines is 1. The molecular weight excluding hydrogens is 463 g/mol. The summed E-state index contributed by atoms with van der Waals surface area (Å²) in [5, 5.41) is 17.2. The van der Waals surface area contributed by atoms with Crippen LogP contribution in [-0.4, -0.2) is 31.1 Å². The molecule has 0 amide bonds. The zero-order valence-electron chi connectivity index (χ0n) is 14.8. The van der Waals surface area contributed by atoms with Gasteiger partial charge in [0.05, 0.1) is 18.1 Å². The molecule has 0 unspecified atom stereocenters. The first-order chi connectivity index (χ1) is 12.7. The van der Waals surface area contributed by atoms with Crippen LogP contribution in [0, 0.1) is 10.1 Å². The van der Waals surface area contributed by atoms with Gasteiger partial charge in [-0.15, -0.1) is 24.0 Å². The second-order valence-electron chi connectivity index (χ2n) is 5.69. The Morgan fingerprint density at radius 3 is 2.70 bits per heavy atom. The summed E-state index contributed by atoms with van der Waals surface area (Å²) in [7, 11) is 1.66. The van der Waals surface area contributed by atoms with Crippen LogP contribution in [0.4, 0.5) is 11.4 Å². The van der Waals surface area contributed by atoms with Gasteiger partial charge in [-0.25, -0.2) is 0 Å². The second-order valence-corrected chi connectivity index (χ2v) is 5.69. The fraction of sp³-hybridized carbons (Fsp3) is 0.278. The van der Waals surface area contributed by atoms with Crippen LogP contribution in [0.1, 0.15) is 12.0 Å². The molecule has 0 saturated heterocycles. The van der Waals surface area contributed by atoms with Crippen LogP contribution in [0.2, 0.25) is 0 Å². The lowest BCUT2D eigenvalue weighted by molar-refractivity contribution is -0.384. The summed E-state index contributed by atoms with van der Waals surface area (Å²) in [5.41, 5.74) is 1.66. The van der Waals surface area contributed by atoms with E-state index in [1.54, 1.807) is 13.1 Å². The van der Waals surface area contributed by atoms with Gasteiger partial charge in [0.2, 0.25) is 0 Å². The molecule has 0 saturated carbocycles. The largest absolute Gasteiger partial charge is 0.490 e. The molecule has 1 aliphatic rings. The number of nitro groups is 1. The van der Waals surface area contributed by atoms with Crippen LogP contribution in [0.25, 0.3) is 0 Å². The monoisotopic (exact) mass is 484 g/mol. The lowest BCUT2D eigenvalue weighted by Crippen LogP contribution is -2.30. The minimum atomic E-state index is -0.408. The van der Waals surface area contributed by atoms with Crippen LogP contribution in [0.3, 0.4) is 0 Å². The Balaban J connectivity index is 0.00000261. The molecule has 0 radical (unpaired) electrons. The lowest BCUT2D eigenvalue weighted by atomic mass is 10.2. The Kier molecular flexibility index (Phi) is 7.65. The van der Waals surface area contributed by atoms with Crippen LogP contribution in [0.15, 0.2) is 47.5 Å². The van der Waals surface area contributed by atoms with Gasteiger partial charge in [0.25, 0.3) is 5.69 Å². The summed E-state index contributed by atoms with van der Waals surface area (Å²) < 4.78 is 11.3. The highest BCUT2D eigenvalue weighted by Crippen LogP contribution is 2.32. The first-order valence-electron chi connectivity index (χ1n) is 8.26. The maximum absolute atomic E-state index is 10.9. The van der Waals surface area contributed by atoms with E-state index in [4.69, 9.17) is 9.47 Å². The molecule has 0 aromatic heterocycles. The van der Waals surface area contributed by atoms with Crippen molar-refractivity contribution in [3.63, 3.8) is 0 Å². The van der Waals surface area contributed by atoms with Gasteiger partial charge < -0.3 is 20.1 Å². The third-order valence-corrected chi connectivity index (χ3v) is 3.82. The van der Waals surface area contributed by atoms with Crippen molar-refractivity contribution in [1.82, 2.24) is 5.32 Å². The number of nitrogens with zero attached hydrogens (tertiary/aromatic N) is 2. The van der Waals surface area contributed by atoms with Crippen molar-refractivity contribution in [1.29, 1.82) is 0 Å². The fourth-order valence-corrected chi connectivity index (χ4v) is 2.52. The summed E-state index contributed by atoms with van der Waals surface area (Å²) in [5.74, 6) is 1.97. The van der Waals surface area contributed by atoms with E-state index in [1.807, 2.05) is 24.3 Å². The van der Waals surface area contributed by atoms with Gasteiger partial charge in [0, 0.05) is 43.9 Å². The number of aliphatic imine (C=N–C) groups is 1. The number of non-ortho nitro benzene ring substituents is 1. The normalized spacial score (nSPS) is 13.1. The molecule has 27 heavy (non-hydrogen) atoms. The van der Waals surface area contributed by atoms with E-state index < -0.39 is 4.92 Å². The number of halogens is 1. The molecule has 2 aromatic carbocycles. The zero-order chi connectivity index (χ0) is 18.4. The average Bonchev–Trinajstić information content (AvgIpc) is 2.90. The highest BCUT2D eigenvalue weighted by Gasteiger charge is 2.11. The van der Waals surface area contributed by atoms with E-state index in [9.17, 15) is 10.1 Å². The number of guanidine groups is 1. The Morgan fingerprint density at radius 2 is 1.96 bits per heavy atom. The Hall–Kier alpha value is -2.56. The number of ether oxygens (including phenoxy) is 2. The van der Waals surface area contributed by atoms with E-state index in [0.717, 1.165) is 23.4 Å². The quantitative estimate of drug-likeness (QED) is 0.227. The SMILES string of the molecule is CN=C(NCc1cccc([N+](=O)[O-])c1)Nc1ccc2c(c1)OCCCO2.I. The minimum absolute atomic E-state index is 0. The summed E-state index contributed by atoms with van der Waals surface area (Å²) in [6, 6.07) is 12.1. The molecule has 2 N–H and O–H groups in total. The van der Waals surface area contributed by atoms with E-state index >= 15 is 0 Å². The van der Waals surface area contributed by atoms with Crippen molar-refractivity contribution in [3.8, 4) is 11.5 Å². The zero-order valence-corrected chi connectivity index (χ0v) is 17.1. The fourth-order valence-electron chi connectivity index (χ4n) is 2.52. The Morgan fingerprint density at radius 1 is 1.19 bits per heavy atom. The molecule has 9 heteroatoms. The number of nitro benzene ring substituents is 1. The Labute approximate surface area is 174 Å². The van der Waals surface area contributed by atoms with Gasteiger partial charge in [-0.05, 0) is 17.7 Å². The van der Waals surface area contributed by atoms with E-state index in [1.165, 1.54) is 12.1 Å². The molecule has 0 aliphatic carbocycles. The number of hydrogen-bond acceptors (Lipinski definition) is 5. The minimum Gasteiger partial charge on any atom is -0.490 e. The summed E-state index contributed by atoms with van der Waals surface area (Å²) in [4.78, 5) is 14.6. The summed E-state index contributed by atoms with van der Waals surface area (Å²) in [6.45, 7) is 1.67. The first kappa shape index (κ1) is 20.7. The molecule has 0 bridgehead atoms. The molecule has 2 aromatic rings. The van der Waals surface area contributed by atoms with E-state index in [2.05, 4.69) is 15.6 Å². The molecule has 144 valence electrons. The molecule has 0 spiro atoms. The molecule has 0 atom stereocenters. The van der Waals surface area contributed by atoms with Crippen molar-refractivity contribution in [2.45, 2.75) is 13.0 Å². The average molecular weight is 484 g/mol. The summed E-state index contributed by atoms with van der Waals surface area (Å²) in [6.07, 6.45) is 0.851. The molecule has 1 aliphatic heterocycles. The molecule has 8 nitrogen and oxygen atoms in total.